The lowest BCUT2D eigenvalue weighted by Crippen LogP contribution is -2.16. The Morgan fingerprint density at radius 2 is 2.00 bits per heavy atom. The zero-order chi connectivity index (χ0) is 14.0. The zero-order valence-corrected chi connectivity index (χ0v) is 12.1. The third-order valence-corrected chi connectivity index (χ3v) is 5.21. The summed E-state index contributed by atoms with van der Waals surface area (Å²) in [7, 11) is -0.147. The highest BCUT2D eigenvalue weighted by Gasteiger charge is 2.18. The monoisotopic (exact) mass is 300 g/mol. The van der Waals surface area contributed by atoms with E-state index < -0.39 is 15.8 Å². The Morgan fingerprint density at radius 1 is 1.26 bits per heavy atom. The van der Waals surface area contributed by atoms with Crippen LogP contribution < -0.4 is 9.62 Å². The molecule has 1 aromatic carbocycles. The predicted octanol–water partition coefficient (Wildman–Crippen LogP) is 2.75. The van der Waals surface area contributed by atoms with Crippen molar-refractivity contribution in [2.75, 3.05) is 23.7 Å². The van der Waals surface area contributed by atoms with Crippen molar-refractivity contribution in [2.45, 2.75) is 4.21 Å². The molecule has 0 fully saturated rings. The molecule has 1 aromatic heterocycles. The number of halogens is 1. The van der Waals surface area contributed by atoms with Gasteiger partial charge in [0.15, 0.2) is 0 Å². The quantitative estimate of drug-likeness (QED) is 0.944. The summed E-state index contributed by atoms with van der Waals surface area (Å²) in [5.74, 6) is -0.491. The van der Waals surface area contributed by atoms with Gasteiger partial charge in [-0.15, -0.1) is 11.3 Å². The van der Waals surface area contributed by atoms with E-state index in [4.69, 9.17) is 0 Å². The molecule has 19 heavy (non-hydrogen) atoms. The molecule has 0 saturated heterocycles. The number of sulfonamides is 1. The topological polar surface area (TPSA) is 49.4 Å². The average molecular weight is 300 g/mol. The van der Waals surface area contributed by atoms with E-state index in [9.17, 15) is 12.8 Å². The van der Waals surface area contributed by atoms with Gasteiger partial charge < -0.3 is 4.90 Å². The molecule has 0 aliphatic carbocycles. The minimum absolute atomic E-state index is 0.196. The predicted molar refractivity (Wildman–Crippen MR) is 75.9 cm³/mol. The third-order valence-electron chi connectivity index (χ3n) is 2.44. The molecule has 1 heterocycles. The van der Waals surface area contributed by atoms with Gasteiger partial charge in [0.05, 0.1) is 11.4 Å². The van der Waals surface area contributed by atoms with Gasteiger partial charge in [-0.2, -0.15) is 0 Å². The molecule has 0 bridgehead atoms. The van der Waals surface area contributed by atoms with Crippen molar-refractivity contribution in [3.8, 4) is 0 Å². The van der Waals surface area contributed by atoms with E-state index in [1.54, 1.807) is 30.4 Å². The average Bonchev–Trinajstić information content (AvgIpc) is 2.81. The van der Waals surface area contributed by atoms with Gasteiger partial charge in [-0.05, 0) is 23.6 Å². The van der Waals surface area contributed by atoms with E-state index in [-0.39, 0.29) is 9.90 Å². The molecule has 102 valence electrons. The normalized spacial score (nSPS) is 11.3. The van der Waals surface area contributed by atoms with Gasteiger partial charge in [-0.3, -0.25) is 4.72 Å². The largest absolute Gasteiger partial charge is 0.376 e. The number of benzene rings is 1. The number of hydrogen-bond donors (Lipinski definition) is 1. The maximum Gasteiger partial charge on any atom is 0.271 e. The van der Waals surface area contributed by atoms with Gasteiger partial charge >= 0.3 is 0 Å². The van der Waals surface area contributed by atoms with Crippen LogP contribution in [0.25, 0.3) is 0 Å². The molecule has 2 aromatic rings. The van der Waals surface area contributed by atoms with E-state index in [0.717, 1.165) is 11.3 Å². The molecule has 0 aliphatic heterocycles. The van der Waals surface area contributed by atoms with Crippen molar-refractivity contribution in [2.24, 2.45) is 0 Å². The van der Waals surface area contributed by atoms with Crippen LogP contribution in [-0.2, 0) is 10.0 Å². The molecule has 0 saturated carbocycles. The molecule has 0 atom stereocenters. The smallest absolute Gasteiger partial charge is 0.271 e. The summed E-state index contributed by atoms with van der Waals surface area (Å²) in [6.45, 7) is 0. The number of rotatable bonds is 4. The molecule has 4 nitrogen and oxygen atoms in total. The molecule has 0 unspecified atom stereocenters. The van der Waals surface area contributed by atoms with Gasteiger partial charge in [-0.25, -0.2) is 12.8 Å². The summed E-state index contributed by atoms with van der Waals surface area (Å²) in [5, 5.41) is 1.67. The van der Waals surface area contributed by atoms with E-state index >= 15 is 0 Å². The van der Waals surface area contributed by atoms with Crippen LogP contribution in [0.1, 0.15) is 0 Å². The fraction of sp³-hybridized carbons (Fsp3) is 0.167. The lowest BCUT2D eigenvalue weighted by molar-refractivity contribution is 0.603. The van der Waals surface area contributed by atoms with Gasteiger partial charge in [-0.1, -0.05) is 6.07 Å². The number of nitrogens with one attached hydrogen (secondary N) is 1. The van der Waals surface area contributed by atoms with Crippen molar-refractivity contribution >= 4 is 32.7 Å². The van der Waals surface area contributed by atoms with E-state index in [1.165, 1.54) is 24.3 Å². The van der Waals surface area contributed by atoms with Crippen LogP contribution in [0, 0.1) is 5.82 Å². The van der Waals surface area contributed by atoms with Crippen LogP contribution in [-0.4, -0.2) is 22.5 Å². The Bertz CT molecular complexity index is 667. The Morgan fingerprint density at radius 3 is 2.58 bits per heavy atom. The third kappa shape index (κ3) is 3.05. The number of thiophene rings is 1. The second-order valence-electron chi connectivity index (χ2n) is 4.09. The summed E-state index contributed by atoms with van der Waals surface area (Å²) < 4.78 is 40.1. The van der Waals surface area contributed by atoms with Crippen LogP contribution in [0.5, 0.6) is 0 Å². The van der Waals surface area contributed by atoms with Crippen LogP contribution >= 0.6 is 11.3 Å². The van der Waals surface area contributed by atoms with Crippen molar-refractivity contribution in [3.05, 3.63) is 41.5 Å². The van der Waals surface area contributed by atoms with Gasteiger partial charge in [0.1, 0.15) is 10.0 Å². The van der Waals surface area contributed by atoms with Crippen molar-refractivity contribution < 1.29 is 12.8 Å². The second-order valence-corrected chi connectivity index (χ2v) is 6.95. The Hall–Kier alpha value is -1.60. The minimum Gasteiger partial charge on any atom is -0.376 e. The maximum atomic E-state index is 13.3. The van der Waals surface area contributed by atoms with Crippen LogP contribution in [0.2, 0.25) is 0 Å². The van der Waals surface area contributed by atoms with Crippen molar-refractivity contribution in [3.63, 3.8) is 0 Å². The van der Waals surface area contributed by atoms with Gasteiger partial charge in [0.25, 0.3) is 10.0 Å². The molecule has 0 spiro atoms. The fourth-order valence-corrected chi connectivity index (χ4v) is 3.65. The lowest BCUT2D eigenvalue weighted by Gasteiger charge is -2.18. The Kier molecular flexibility index (Phi) is 3.77. The molecular weight excluding hydrogens is 287 g/mol. The van der Waals surface area contributed by atoms with E-state index in [0.29, 0.717) is 5.69 Å². The molecule has 0 amide bonds. The molecule has 0 aliphatic rings. The number of hydrogen-bond acceptors (Lipinski definition) is 4. The first-order chi connectivity index (χ1) is 8.90. The maximum absolute atomic E-state index is 13.3. The van der Waals surface area contributed by atoms with E-state index in [1.807, 2.05) is 0 Å². The zero-order valence-electron chi connectivity index (χ0n) is 10.4. The van der Waals surface area contributed by atoms with Gasteiger partial charge in [0.2, 0.25) is 0 Å². The standard InChI is InChI=1S/C12H13FN2O2S2/c1-15(2)11-6-5-9(13)8-10(11)14-19(16,17)12-4-3-7-18-12/h3-8,14H,1-2H3. The second kappa shape index (κ2) is 5.18. The van der Waals surface area contributed by atoms with Crippen LogP contribution in [0.3, 0.4) is 0 Å². The SMILES string of the molecule is CN(C)c1ccc(F)cc1NS(=O)(=O)c1cccs1. The summed E-state index contributed by atoms with van der Waals surface area (Å²) >= 11 is 1.11. The highest BCUT2D eigenvalue weighted by atomic mass is 32.2. The van der Waals surface area contributed by atoms with E-state index in [2.05, 4.69) is 4.72 Å². The minimum atomic E-state index is -3.67. The van der Waals surface area contributed by atoms with Gasteiger partial charge in [0, 0.05) is 20.2 Å². The first-order valence-electron chi connectivity index (χ1n) is 5.43. The molecule has 7 heteroatoms. The first-order valence-corrected chi connectivity index (χ1v) is 7.79. The Labute approximate surface area is 115 Å². The molecule has 0 radical (unpaired) electrons. The van der Waals surface area contributed by atoms with Crippen LogP contribution in [0.15, 0.2) is 39.9 Å². The van der Waals surface area contributed by atoms with Crippen molar-refractivity contribution in [1.82, 2.24) is 0 Å². The van der Waals surface area contributed by atoms with Crippen LogP contribution in [0.4, 0.5) is 15.8 Å². The highest BCUT2D eigenvalue weighted by Crippen LogP contribution is 2.28. The van der Waals surface area contributed by atoms with Crippen molar-refractivity contribution in [1.29, 1.82) is 0 Å². The first kappa shape index (κ1) is 13.8. The molecule has 1 N–H and O–H groups in total. The summed E-state index contributed by atoms with van der Waals surface area (Å²) in [5.41, 5.74) is 0.819. The number of anilines is 2. The lowest BCUT2D eigenvalue weighted by atomic mass is 10.2. The highest BCUT2D eigenvalue weighted by molar-refractivity contribution is 7.94. The summed E-state index contributed by atoms with van der Waals surface area (Å²) in [6, 6.07) is 7.14. The summed E-state index contributed by atoms with van der Waals surface area (Å²) in [4.78, 5) is 1.71. The fourth-order valence-electron chi connectivity index (χ4n) is 1.59. The Balaban J connectivity index is 2.41. The molecular formula is C12H13FN2O2S2. The summed E-state index contributed by atoms with van der Waals surface area (Å²) in [6.07, 6.45) is 0. The molecule has 2 rings (SSSR count). The number of nitrogens with zero attached hydrogens (tertiary/aromatic N) is 1.